The number of nitrogen functional groups attached to an aromatic ring is 1. The van der Waals surface area contributed by atoms with Gasteiger partial charge in [-0.25, -0.2) is 9.48 Å². The van der Waals surface area contributed by atoms with E-state index in [1.54, 1.807) is 4.68 Å². The van der Waals surface area contributed by atoms with Crippen LogP contribution >= 0.6 is 0 Å². The molecule has 0 saturated carbocycles. The second-order valence-electron chi connectivity index (χ2n) is 6.18. The molecule has 2 amide bonds. The van der Waals surface area contributed by atoms with Crippen LogP contribution < -0.4 is 16.4 Å². The Balaban J connectivity index is 1.38. The van der Waals surface area contributed by atoms with Crippen LogP contribution in [-0.2, 0) is 11.2 Å². The number of nitrogens with one attached hydrogen (secondary N) is 2. The highest BCUT2D eigenvalue weighted by molar-refractivity contribution is 5.73. The topological polar surface area (TPSA) is 94.2 Å². The number of rotatable bonds is 7. The molecule has 7 heteroatoms. The van der Waals surface area contributed by atoms with Gasteiger partial charge in [0.1, 0.15) is 5.82 Å². The summed E-state index contributed by atoms with van der Waals surface area (Å²) in [5.41, 5.74) is 7.90. The number of benzene rings is 1. The van der Waals surface area contributed by atoms with Gasteiger partial charge < -0.3 is 21.1 Å². The summed E-state index contributed by atoms with van der Waals surface area (Å²) in [6.07, 6.45) is 3.82. The van der Waals surface area contributed by atoms with Crippen LogP contribution in [0.4, 0.5) is 10.6 Å². The lowest BCUT2D eigenvalue weighted by atomic mass is 10.2. The van der Waals surface area contributed by atoms with Gasteiger partial charge in [-0.1, -0.05) is 18.2 Å². The largest absolute Gasteiger partial charge is 0.384 e. The van der Waals surface area contributed by atoms with E-state index in [1.807, 2.05) is 36.4 Å². The van der Waals surface area contributed by atoms with Gasteiger partial charge in [0.25, 0.3) is 0 Å². The first-order valence-corrected chi connectivity index (χ1v) is 8.75. The van der Waals surface area contributed by atoms with E-state index in [2.05, 4.69) is 15.7 Å². The van der Waals surface area contributed by atoms with Crippen molar-refractivity contribution in [1.82, 2.24) is 20.4 Å². The molecule has 0 bridgehead atoms. The number of carbonyl (C=O) groups is 1. The molecule has 2 aromatic rings. The number of urea groups is 1. The van der Waals surface area contributed by atoms with Crippen molar-refractivity contribution in [3.8, 4) is 5.69 Å². The lowest BCUT2D eigenvalue weighted by molar-refractivity contribution is 0.111. The van der Waals surface area contributed by atoms with Crippen molar-refractivity contribution in [1.29, 1.82) is 0 Å². The summed E-state index contributed by atoms with van der Waals surface area (Å²) in [6.45, 7) is 1.96. The quantitative estimate of drug-likeness (QED) is 0.669. The average molecular weight is 343 g/mol. The number of nitrogens with zero attached hydrogens (tertiary/aromatic N) is 2. The van der Waals surface area contributed by atoms with Gasteiger partial charge in [0.2, 0.25) is 0 Å². The maximum absolute atomic E-state index is 11.7. The van der Waals surface area contributed by atoms with Crippen LogP contribution in [0.5, 0.6) is 0 Å². The number of para-hydroxylation sites is 1. The molecule has 0 aliphatic carbocycles. The maximum Gasteiger partial charge on any atom is 0.314 e. The Labute approximate surface area is 147 Å². The van der Waals surface area contributed by atoms with Gasteiger partial charge in [0.05, 0.1) is 17.5 Å². The zero-order valence-electron chi connectivity index (χ0n) is 14.3. The second-order valence-corrected chi connectivity index (χ2v) is 6.18. The Bertz CT molecular complexity index is 680. The third kappa shape index (κ3) is 4.96. The number of amides is 2. The monoisotopic (exact) mass is 343 g/mol. The fraction of sp³-hybridized carbons (Fsp3) is 0.444. The summed E-state index contributed by atoms with van der Waals surface area (Å²) in [6, 6.07) is 11.5. The van der Waals surface area contributed by atoms with Crippen molar-refractivity contribution in [2.24, 2.45) is 0 Å². The minimum Gasteiger partial charge on any atom is -0.384 e. The molecule has 1 saturated heterocycles. The fourth-order valence-corrected chi connectivity index (χ4v) is 2.89. The number of carbonyl (C=O) groups excluding carboxylic acids is 1. The van der Waals surface area contributed by atoms with Gasteiger partial charge in [0, 0.05) is 25.8 Å². The van der Waals surface area contributed by atoms with Crippen molar-refractivity contribution in [3.05, 3.63) is 42.1 Å². The summed E-state index contributed by atoms with van der Waals surface area (Å²) in [5, 5.41) is 10.2. The number of aromatic nitrogens is 2. The molecule has 1 aromatic heterocycles. The van der Waals surface area contributed by atoms with Crippen molar-refractivity contribution >= 4 is 11.8 Å². The Hall–Kier alpha value is -2.54. The fourth-order valence-electron chi connectivity index (χ4n) is 2.89. The number of aryl methyl sites for hydroxylation is 1. The number of ether oxygens (including phenoxy) is 1. The van der Waals surface area contributed by atoms with Crippen molar-refractivity contribution in [3.63, 3.8) is 0 Å². The highest BCUT2D eigenvalue weighted by Crippen LogP contribution is 2.15. The van der Waals surface area contributed by atoms with E-state index >= 15 is 0 Å². The highest BCUT2D eigenvalue weighted by atomic mass is 16.5. The predicted octanol–water partition coefficient (Wildman–Crippen LogP) is 1.87. The van der Waals surface area contributed by atoms with E-state index in [0.29, 0.717) is 18.9 Å². The molecule has 0 radical (unpaired) electrons. The molecule has 1 atom stereocenters. The van der Waals surface area contributed by atoms with Crippen LogP contribution in [0, 0.1) is 0 Å². The third-order valence-electron chi connectivity index (χ3n) is 4.20. The van der Waals surface area contributed by atoms with Crippen molar-refractivity contribution in [2.75, 3.05) is 25.4 Å². The Morgan fingerprint density at radius 3 is 2.92 bits per heavy atom. The van der Waals surface area contributed by atoms with E-state index in [9.17, 15) is 4.79 Å². The normalized spacial score (nSPS) is 16.7. The van der Waals surface area contributed by atoms with Crippen LogP contribution in [0.25, 0.3) is 5.69 Å². The molecule has 1 aromatic carbocycles. The molecule has 1 fully saturated rings. The van der Waals surface area contributed by atoms with Crippen LogP contribution in [0.1, 0.15) is 25.0 Å². The van der Waals surface area contributed by atoms with E-state index in [4.69, 9.17) is 10.5 Å². The molecular weight excluding hydrogens is 318 g/mol. The van der Waals surface area contributed by atoms with Crippen LogP contribution in [0.3, 0.4) is 0 Å². The Morgan fingerprint density at radius 1 is 1.32 bits per heavy atom. The SMILES string of the molecule is Nc1cc(CCCNC(=O)NC[C@@H]2CCCO2)nn1-c1ccccc1. The average Bonchev–Trinajstić information content (AvgIpc) is 3.27. The zero-order chi connectivity index (χ0) is 17.5. The molecule has 0 spiro atoms. The number of hydrogen-bond acceptors (Lipinski definition) is 4. The third-order valence-corrected chi connectivity index (χ3v) is 4.20. The highest BCUT2D eigenvalue weighted by Gasteiger charge is 2.15. The second kappa shape index (κ2) is 8.53. The zero-order valence-corrected chi connectivity index (χ0v) is 14.3. The summed E-state index contributed by atoms with van der Waals surface area (Å²) in [4.78, 5) is 11.7. The summed E-state index contributed by atoms with van der Waals surface area (Å²) in [5.74, 6) is 0.614. The Morgan fingerprint density at radius 2 is 2.16 bits per heavy atom. The van der Waals surface area contributed by atoms with Crippen LogP contribution in [0.2, 0.25) is 0 Å². The standard InChI is InChI=1S/C18H25N5O2/c19-17-12-14(22-23(17)15-7-2-1-3-8-15)6-4-10-20-18(24)21-13-16-9-5-11-25-16/h1-3,7-8,12,16H,4-6,9-11,13,19H2,(H2,20,21,24)/t16-/m0/s1. The number of nitrogens with two attached hydrogens (primary N) is 1. The summed E-state index contributed by atoms with van der Waals surface area (Å²) < 4.78 is 7.21. The van der Waals surface area contributed by atoms with Gasteiger partial charge >= 0.3 is 6.03 Å². The minimum absolute atomic E-state index is 0.148. The first kappa shape index (κ1) is 17.3. The Kier molecular flexibility index (Phi) is 5.90. The maximum atomic E-state index is 11.7. The van der Waals surface area contributed by atoms with E-state index in [1.165, 1.54) is 0 Å². The minimum atomic E-state index is -0.148. The number of anilines is 1. The molecule has 134 valence electrons. The number of hydrogen-bond donors (Lipinski definition) is 3. The van der Waals surface area contributed by atoms with Crippen LogP contribution in [-0.4, -0.2) is 41.6 Å². The van der Waals surface area contributed by atoms with Gasteiger partial charge in [-0.2, -0.15) is 5.10 Å². The van der Waals surface area contributed by atoms with Gasteiger partial charge in [-0.15, -0.1) is 0 Å². The molecule has 7 nitrogen and oxygen atoms in total. The van der Waals surface area contributed by atoms with Gasteiger partial charge in [-0.05, 0) is 37.8 Å². The van der Waals surface area contributed by atoms with E-state index in [0.717, 1.165) is 43.7 Å². The predicted molar refractivity (Wildman–Crippen MR) is 96.7 cm³/mol. The summed E-state index contributed by atoms with van der Waals surface area (Å²) >= 11 is 0. The molecule has 2 heterocycles. The van der Waals surface area contributed by atoms with E-state index in [-0.39, 0.29) is 12.1 Å². The van der Waals surface area contributed by atoms with Crippen LogP contribution in [0.15, 0.2) is 36.4 Å². The molecule has 25 heavy (non-hydrogen) atoms. The molecule has 1 aliphatic heterocycles. The lowest BCUT2D eigenvalue weighted by Crippen LogP contribution is -2.40. The molecule has 1 aliphatic rings. The molecule has 3 rings (SSSR count). The summed E-state index contributed by atoms with van der Waals surface area (Å²) in [7, 11) is 0. The molecular formula is C18H25N5O2. The molecule has 0 unspecified atom stereocenters. The molecule has 4 N–H and O–H groups in total. The lowest BCUT2D eigenvalue weighted by Gasteiger charge is -2.11. The van der Waals surface area contributed by atoms with E-state index < -0.39 is 0 Å². The van der Waals surface area contributed by atoms with Crippen molar-refractivity contribution in [2.45, 2.75) is 31.8 Å². The van der Waals surface area contributed by atoms with Crippen molar-refractivity contribution < 1.29 is 9.53 Å². The first-order chi connectivity index (χ1) is 12.2. The first-order valence-electron chi connectivity index (χ1n) is 8.75. The van der Waals surface area contributed by atoms with Gasteiger partial charge in [-0.3, -0.25) is 0 Å². The van der Waals surface area contributed by atoms with Gasteiger partial charge in [0.15, 0.2) is 0 Å². The smallest absolute Gasteiger partial charge is 0.314 e.